The Balaban J connectivity index is 2.66. The lowest BCUT2D eigenvalue weighted by Gasteiger charge is -2.22. The first-order valence-electron chi connectivity index (χ1n) is 3.04. The number of hydrogen-bond donors (Lipinski definition) is 1. The molecule has 0 aromatic rings. The van der Waals surface area contributed by atoms with Crippen LogP contribution in [0, 0.1) is 0 Å². The third kappa shape index (κ3) is 0.920. The molecule has 0 fully saturated rings. The lowest BCUT2D eigenvalue weighted by Crippen LogP contribution is -2.36. The summed E-state index contributed by atoms with van der Waals surface area (Å²) in [6.45, 7) is 1.83. The molecular weight excluding hydrogens is 132 g/mol. The largest absolute Gasteiger partial charge is 0.465 e. The van der Waals surface area contributed by atoms with Gasteiger partial charge in [0.2, 0.25) is 0 Å². The zero-order valence-corrected chi connectivity index (χ0v) is 5.98. The maximum Gasteiger partial charge on any atom is 0.413 e. The second-order valence-electron chi connectivity index (χ2n) is 2.29. The second kappa shape index (κ2) is 2.21. The van der Waals surface area contributed by atoms with Crippen LogP contribution in [0.2, 0.25) is 0 Å². The van der Waals surface area contributed by atoms with Gasteiger partial charge in [0, 0.05) is 19.4 Å². The molecule has 1 heterocycles. The molecule has 56 valence electrons. The van der Waals surface area contributed by atoms with E-state index in [9.17, 15) is 4.79 Å². The van der Waals surface area contributed by atoms with Crippen LogP contribution in [0.5, 0.6) is 0 Å². The highest BCUT2D eigenvalue weighted by Gasteiger charge is 2.23. The summed E-state index contributed by atoms with van der Waals surface area (Å²) >= 11 is 0. The van der Waals surface area contributed by atoms with E-state index in [0.717, 1.165) is 0 Å². The number of rotatable bonds is 0. The summed E-state index contributed by atoms with van der Waals surface area (Å²) in [5, 5.41) is 8.55. The summed E-state index contributed by atoms with van der Waals surface area (Å²) in [5.74, 6) is 0. The highest BCUT2D eigenvalue weighted by Crippen LogP contribution is 2.12. The molecule has 1 rings (SSSR count). The molecule has 0 aromatic carbocycles. The number of hydrogen-bond acceptors (Lipinski definition) is 2. The van der Waals surface area contributed by atoms with Crippen LogP contribution >= 0.6 is 0 Å². The lowest BCUT2D eigenvalue weighted by atomic mass is 10.5. The topological polar surface area (TPSA) is 43.8 Å². The van der Waals surface area contributed by atoms with Crippen LogP contribution in [0.15, 0.2) is 12.4 Å². The fourth-order valence-electron chi connectivity index (χ4n) is 0.846. The van der Waals surface area contributed by atoms with E-state index in [1.807, 2.05) is 18.9 Å². The maximum absolute atomic E-state index is 10.4. The highest BCUT2D eigenvalue weighted by molar-refractivity contribution is 5.67. The Morgan fingerprint density at radius 2 is 2.20 bits per heavy atom. The first kappa shape index (κ1) is 6.92. The third-order valence-corrected chi connectivity index (χ3v) is 1.68. The fraction of sp³-hybridized carbons (Fsp3) is 0.500. The number of carboxylic acid groups (broad SMARTS) is 1. The van der Waals surface area contributed by atoms with E-state index in [1.165, 1.54) is 4.90 Å². The molecular formula is C6H10N2O2. The van der Waals surface area contributed by atoms with Crippen molar-refractivity contribution in [2.24, 2.45) is 0 Å². The zero-order valence-electron chi connectivity index (χ0n) is 5.98. The summed E-state index contributed by atoms with van der Waals surface area (Å²) in [6, 6.07) is 0. The maximum atomic E-state index is 10.4. The van der Waals surface area contributed by atoms with Crippen LogP contribution in [0.3, 0.4) is 0 Å². The number of carbonyl (C=O) groups is 1. The van der Waals surface area contributed by atoms with Gasteiger partial charge < -0.3 is 10.0 Å². The molecule has 1 aliphatic rings. The molecule has 0 saturated heterocycles. The van der Waals surface area contributed by atoms with Crippen LogP contribution in [-0.2, 0) is 0 Å². The molecule has 4 heteroatoms. The van der Waals surface area contributed by atoms with Gasteiger partial charge in [-0.3, -0.25) is 4.90 Å². The summed E-state index contributed by atoms with van der Waals surface area (Å²) < 4.78 is 0. The van der Waals surface area contributed by atoms with Gasteiger partial charge in [-0.1, -0.05) is 0 Å². The SMILES string of the molecule is CC1N(C)C=CN1C(=O)O. The minimum atomic E-state index is -0.909. The molecule has 1 N–H and O–H groups in total. The molecule has 0 aromatic heterocycles. The first-order chi connectivity index (χ1) is 4.63. The Labute approximate surface area is 59.3 Å². The second-order valence-corrected chi connectivity index (χ2v) is 2.29. The molecule has 0 saturated carbocycles. The van der Waals surface area contributed by atoms with E-state index in [0.29, 0.717) is 0 Å². The van der Waals surface area contributed by atoms with Crippen molar-refractivity contribution in [3.63, 3.8) is 0 Å². The van der Waals surface area contributed by atoms with Crippen LogP contribution in [0.1, 0.15) is 6.92 Å². The van der Waals surface area contributed by atoms with Crippen LogP contribution in [0.4, 0.5) is 4.79 Å². The Morgan fingerprint density at radius 1 is 1.60 bits per heavy atom. The lowest BCUT2D eigenvalue weighted by molar-refractivity contribution is 0.131. The summed E-state index contributed by atoms with van der Waals surface area (Å²) in [4.78, 5) is 13.5. The molecule has 0 aliphatic carbocycles. The Bertz CT molecular complexity index is 179. The van der Waals surface area contributed by atoms with Crippen molar-refractivity contribution >= 4 is 6.09 Å². The van der Waals surface area contributed by atoms with Gasteiger partial charge in [0.25, 0.3) is 0 Å². The standard InChI is InChI=1S/C6H10N2O2/c1-5-7(2)3-4-8(5)6(9)10/h3-5H,1-2H3,(H,9,10). The predicted octanol–water partition coefficient (Wildman–Crippen LogP) is 0.729. The minimum Gasteiger partial charge on any atom is -0.465 e. The zero-order chi connectivity index (χ0) is 7.72. The van der Waals surface area contributed by atoms with Crippen LogP contribution in [-0.4, -0.2) is 34.2 Å². The number of amides is 1. The monoisotopic (exact) mass is 142 g/mol. The van der Waals surface area contributed by atoms with Gasteiger partial charge in [-0.25, -0.2) is 4.79 Å². The molecule has 0 spiro atoms. The fourth-order valence-corrected chi connectivity index (χ4v) is 0.846. The molecule has 1 atom stereocenters. The summed E-state index contributed by atoms with van der Waals surface area (Å²) in [5.41, 5.74) is 0. The first-order valence-corrected chi connectivity index (χ1v) is 3.04. The van der Waals surface area contributed by atoms with E-state index in [1.54, 1.807) is 12.4 Å². The van der Waals surface area contributed by atoms with Gasteiger partial charge in [-0.2, -0.15) is 0 Å². The Hall–Kier alpha value is -1.19. The average molecular weight is 142 g/mol. The van der Waals surface area contributed by atoms with Gasteiger partial charge in [-0.05, 0) is 6.92 Å². The molecule has 0 radical (unpaired) electrons. The van der Waals surface area contributed by atoms with E-state index < -0.39 is 6.09 Å². The van der Waals surface area contributed by atoms with Crippen molar-refractivity contribution in [3.05, 3.63) is 12.4 Å². The van der Waals surface area contributed by atoms with E-state index in [4.69, 9.17) is 5.11 Å². The van der Waals surface area contributed by atoms with Gasteiger partial charge in [0.15, 0.2) is 0 Å². The Morgan fingerprint density at radius 3 is 2.40 bits per heavy atom. The molecule has 1 aliphatic heterocycles. The van der Waals surface area contributed by atoms with Crippen molar-refractivity contribution in [1.82, 2.24) is 9.80 Å². The molecule has 1 unspecified atom stereocenters. The third-order valence-electron chi connectivity index (χ3n) is 1.68. The van der Waals surface area contributed by atoms with Crippen molar-refractivity contribution < 1.29 is 9.90 Å². The van der Waals surface area contributed by atoms with Gasteiger partial charge in [0.1, 0.15) is 6.17 Å². The smallest absolute Gasteiger partial charge is 0.413 e. The molecule has 4 nitrogen and oxygen atoms in total. The van der Waals surface area contributed by atoms with Crippen molar-refractivity contribution in [1.29, 1.82) is 0 Å². The van der Waals surface area contributed by atoms with Gasteiger partial charge in [-0.15, -0.1) is 0 Å². The van der Waals surface area contributed by atoms with Gasteiger partial charge in [0.05, 0.1) is 0 Å². The molecule has 10 heavy (non-hydrogen) atoms. The quantitative estimate of drug-likeness (QED) is 0.542. The van der Waals surface area contributed by atoms with Crippen LogP contribution in [0.25, 0.3) is 0 Å². The van der Waals surface area contributed by atoms with Crippen LogP contribution < -0.4 is 0 Å². The minimum absolute atomic E-state index is 0.0718. The van der Waals surface area contributed by atoms with Gasteiger partial charge >= 0.3 is 6.09 Å². The van der Waals surface area contributed by atoms with Crippen molar-refractivity contribution in [2.75, 3.05) is 7.05 Å². The van der Waals surface area contributed by atoms with Crippen molar-refractivity contribution in [3.8, 4) is 0 Å². The molecule has 0 bridgehead atoms. The summed E-state index contributed by atoms with van der Waals surface area (Å²) in [6.07, 6.45) is 2.30. The highest BCUT2D eigenvalue weighted by atomic mass is 16.4. The average Bonchev–Trinajstić information content (AvgIpc) is 2.14. The normalized spacial score (nSPS) is 24.0. The molecule has 1 amide bonds. The predicted molar refractivity (Wildman–Crippen MR) is 36.2 cm³/mol. The summed E-state index contributed by atoms with van der Waals surface area (Å²) in [7, 11) is 1.84. The Kier molecular flexibility index (Phi) is 1.53. The van der Waals surface area contributed by atoms with Crippen molar-refractivity contribution in [2.45, 2.75) is 13.1 Å². The van der Waals surface area contributed by atoms with E-state index >= 15 is 0 Å². The number of nitrogens with zero attached hydrogens (tertiary/aromatic N) is 2. The van der Waals surface area contributed by atoms with E-state index in [2.05, 4.69) is 0 Å². The van der Waals surface area contributed by atoms with E-state index in [-0.39, 0.29) is 6.17 Å².